The minimum absolute atomic E-state index is 0.102. The summed E-state index contributed by atoms with van der Waals surface area (Å²) in [6, 6.07) is 12.9. The molecule has 0 bridgehead atoms. The Morgan fingerprint density at radius 1 is 0.667 bits per heavy atom. The van der Waals surface area contributed by atoms with E-state index < -0.39 is 35.5 Å². The zero-order valence-electron chi connectivity index (χ0n) is 25.6. The van der Waals surface area contributed by atoms with Crippen molar-refractivity contribution in [1.82, 2.24) is 25.8 Å². The third-order valence-corrected chi connectivity index (χ3v) is 7.62. The van der Waals surface area contributed by atoms with Crippen LogP contribution in [0.4, 0.5) is 47.3 Å². The Labute approximate surface area is 272 Å². The number of nitrogens with one attached hydrogen (secondary N) is 5. The van der Waals surface area contributed by atoms with Crippen molar-refractivity contribution in [1.29, 1.82) is 0 Å². The second-order valence-corrected chi connectivity index (χ2v) is 11.2. The van der Waals surface area contributed by atoms with Crippen LogP contribution in [-0.2, 0) is 12.4 Å². The number of hydrogen-bond donors (Lipinski definition) is 5. The number of amides is 5. The first-order valence-corrected chi connectivity index (χ1v) is 15.2. The normalized spacial score (nSPS) is 15.8. The van der Waals surface area contributed by atoms with E-state index >= 15 is 0 Å². The van der Waals surface area contributed by atoms with Crippen LogP contribution in [0, 0.1) is 0 Å². The van der Waals surface area contributed by atoms with E-state index in [9.17, 15) is 40.7 Å². The highest BCUT2D eigenvalue weighted by atomic mass is 19.4. The van der Waals surface area contributed by atoms with E-state index in [1.807, 2.05) is 0 Å². The molecule has 2 aromatic carbocycles. The summed E-state index contributed by atoms with van der Waals surface area (Å²) < 4.78 is 74.8. The summed E-state index contributed by atoms with van der Waals surface area (Å²) in [6.07, 6.45) is -4.36. The van der Waals surface area contributed by atoms with Crippen LogP contribution < -0.4 is 26.6 Å². The lowest BCUT2D eigenvalue weighted by atomic mass is 10.0. The molecule has 2 saturated heterocycles. The summed E-state index contributed by atoms with van der Waals surface area (Å²) in [4.78, 5) is 41.9. The second kappa shape index (κ2) is 16.3. The summed E-state index contributed by atoms with van der Waals surface area (Å²) in [7, 11) is 0. The topological polar surface area (TPSA) is 127 Å². The quantitative estimate of drug-likeness (QED) is 0.208. The SMILES string of the molecule is O=C(Nc1ccc(C(F)(F)F)cc1)NC1CCN(C(=O)c2ccccn2)CC1.O=C(Nc1ccc(C(F)(F)F)cc1)NC1CCNCC1. The number of urea groups is 2. The predicted molar refractivity (Wildman–Crippen MR) is 166 cm³/mol. The van der Waals surface area contributed by atoms with Gasteiger partial charge >= 0.3 is 24.4 Å². The number of hydrogen-bond acceptors (Lipinski definition) is 5. The molecule has 0 atom stereocenters. The molecule has 16 heteroatoms. The lowest BCUT2D eigenvalue weighted by Crippen LogP contribution is -2.47. The van der Waals surface area contributed by atoms with Gasteiger partial charge in [-0.05, 0) is 99.4 Å². The molecule has 48 heavy (non-hydrogen) atoms. The van der Waals surface area contributed by atoms with Crippen LogP contribution in [0.3, 0.4) is 0 Å². The molecule has 5 rings (SSSR count). The van der Waals surface area contributed by atoms with Crippen molar-refractivity contribution < 1.29 is 40.7 Å². The van der Waals surface area contributed by atoms with Crippen molar-refractivity contribution in [2.75, 3.05) is 36.8 Å². The molecule has 3 heterocycles. The third kappa shape index (κ3) is 11.1. The fourth-order valence-electron chi connectivity index (χ4n) is 5.03. The standard InChI is InChI=1S/C19H19F3N4O2.C13H16F3N3O/c20-19(21,22)13-4-6-14(7-5-13)24-18(28)25-15-8-11-26(12-9-15)17(27)16-3-1-2-10-23-16;14-13(15,16)9-1-3-10(4-2-9)18-12(20)19-11-5-7-17-8-6-11/h1-7,10,15H,8-9,11-12H2,(H2,24,25,28);1-4,11,17H,5-8H2,(H2,18,19,20). The maximum absolute atomic E-state index is 12.6. The van der Waals surface area contributed by atoms with E-state index in [1.165, 1.54) is 24.3 Å². The maximum atomic E-state index is 12.6. The van der Waals surface area contributed by atoms with Crippen molar-refractivity contribution in [3.05, 3.63) is 89.7 Å². The molecule has 0 spiro atoms. The van der Waals surface area contributed by atoms with Crippen LogP contribution in [-0.4, -0.2) is 66.1 Å². The summed E-state index contributed by atoms with van der Waals surface area (Å²) in [5.74, 6) is -0.145. The molecule has 1 aromatic heterocycles. The first-order chi connectivity index (χ1) is 22.8. The number of piperidine rings is 2. The summed E-state index contributed by atoms with van der Waals surface area (Å²) >= 11 is 0. The number of aromatic nitrogens is 1. The Morgan fingerprint density at radius 3 is 1.54 bits per heavy atom. The van der Waals surface area contributed by atoms with Crippen LogP contribution in [0.25, 0.3) is 0 Å². The van der Waals surface area contributed by atoms with Gasteiger partial charge in [-0.1, -0.05) is 6.07 Å². The molecule has 0 saturated carbocycles. The molecular weight excluding hydrogens is 644 g/mol. The molecule has 5 amide bonds. The Hall–Kier alpha value is -4.86. The Bertz CT molecular complexity index is 1490. The largest absolute Gasteiger partial charge is 0.416 e. The lowest BCUT2D eigenvalue weighted by molar-refractivity contribution is -0.138. The first kappa shape index (κ1) is 36.0. The molecule has 0 aliphatic carbocycles. The van der Waals surface area contributed by atoms with E-state index in [0.29, 0.717) is 37.3 Å². The van der Waals surface area contributed by atoms with Gasteiger partial charge in [0.15, 0.2) is 0 Å². The molecule has 3 aromatic rings. The average molecular weight is 680 g/mol. The number of halogens is 6. The zero-order valence-corrected chi connectivity index (χ0v) is 25.6. The van der Waals surface area contributed by atoms with Crippen molar-refractivity contribution in [2.45, 2.75) is 50.1 Å². The van der Waals surface area contributed by atoms with Gasteiger partial charge in [0.25, 0.3) is 5.91 Å². The molecule has 2 aliphatic heterocycles. The number of benzene rings is 2. The lowest BCUT2D eigenvalue weighted by Gasteiger charge is -2.32. The average Bonchev–Trinajstić information content (AvgIpc) is 3.05. The van der Waals surface area contributed by atoms with Gasteiger partial charge in [-0.3, -0.25) is 9.78 Å². The highest BCUT2D eigenvalue weighted by Crippen LogP contribution is 2.30. The summed E-state index contributed by atoms with van der Waals surface area (Å²) in [5.41, 5.74) is -0.517. The zero-order chi connectivity index (χ0) is 34.7. The smallest absolute Gasteiger partial charge is 0.337 e. The Morgan fingerprint density at radius 2 is 1.12 bits per heavy atom. The van der Waals surface area contributed by atoms with Crippen molar-refractivity contribution in [3.63, 3.8) is 0 Å². The minimum atomic E-state index is -4.42. The third-order valence-electron chi connectivity index (χ3n) is 7.62. The fraction of sp³-hybridized carbons (Fsp3) is 0.375. The molecule has 10 nitrogen and oxygen atoms in total. The second-order valence-electron chi connectivity index (χ2n) is 11.2. The Kier molecular flexibility index (Phi) is 12.2. The van der Waals surface area contributed by atoms with Gasteiger partial charge in [0.2, 0.25) is 0 Å². The van der Waals surface area contributed by atoms with Gasteiger partial charge in [0, 0.05) is 42.7 Å². The maximum Gasteiger partial charge on any atom is 0.416 e. The highest BCUT2D eigenvalue weighted by Gasteiger charge is 2.31. The highest BCUT2D eigenvalue weighted by molar-refractivity contribution is 5.92. The van der Waals surface area contributed by atoms with Crippen molar-refractivity contribution in [3.8, 4) is 0 Å². The molecule has 2 aliphatic rings. The van der Waals surface area contributed by atoms with Gasteiger partial charge < -0.3 is 31.5 Å². The summed E-state index contributed by atoms with van der Waals surface area (Å²) in [6.45, 7) is 2.68. The molecule has 0 radical (unpaired) electrons. The van der Waals surface area contributed by atoms with Crippen LogP contribution >= 0.6 is 0 Å². The minimum Gasteiger partial charge on any atom is -0.337 e. The number of anilines is 2. The Balaban J connectivity index is 0.000000229. The van der Waals surface area contributed by atoms with Gasteiger partial charge in [-0.25, -0.2) is 9.59 Å². The number of likely N-dealkylation sites (tertiary alicyclic amines) is 1. The van der Waals surface area contributed by atoms with E-state index in [0.717, 1.165) is 50.2 Å². The van der Waals surface area contributed by atoms with Crippen LogP contribution in [0.2, 0.25) is 0 Å². The van der Waals surface area contributed by atoms with Crippen LogP contribution in [0.1, 0.15) is 47.3 Å². The van der Waals surface area contributed by atoms with Gasteiger partial charge in [0.05, 0.1) is 11.1 Å². The van der Waals surface area contributed by atoms with E-state index in [-0.39, 0.29) is 23.7 Å². The first-order valence-electron chi connectivity index (χ1n) is 15.2. The van der Waals surface area contributed by atoms with Gasteiger partial charge in [-0.15, -0.1) is 0 Å². The number of rotatable bonds is 5. The summed E-state index contributed by atoms with van der Waals surface area (Å²) in [5, 5.41) is 13.8. The van der Waals surface area contributed by atoms with E-state index in [4.69, 9.17) is 0 Å². The predicted octanol–water partition coefficient (Wildman–Crippen LogP) is 6.11. The van der Waals surface area contributed by atoms with E-state index in [2.05, 4.69) is 31.6 Å². The van der Waals surface area contributed by atoms with Crippen molar-refractivity contribution in [2.24, 2.45) is 0 Å². The number of nitrogens with zero attached hydrogens (tertiary/aromatic N) is 2. The monoisotopic (exact) mass is 679 g/mol. The number of carbonyl (C=O) groups is 3. The molecule has 0 unspecified atom stereocenters. The number of pyridine rings is 1. The van der Waals surface area contributed by atoms with Crippen LogP contribution in [0.15, 0.2) is 72.9 Å². The number of carbonyl (C=O) groups excluding carboxylic acids is 3. The van der Waals surface area contributed by atoms with E-state index in [1.54, 1.807) is 29.3 Å². The molecular formula is C32H35F6N7O3. The number of alkyl halides is 6. The van der Waals surface area contributed by atoms with Crippen LogP contribution in [0.5, 0.6) is 0 Å². The molecule has 2 fully saturated rings. The van der Waals surface area contributed by atoms with Gasteiger partial charge in [-0.2, -0.15) is 26.3 Å². The van der Waals surface area contributed by atoms with Crippen molar-refractivity contribution >= 4 is 29.3 Å². The fourth-order valence-corrected chi connectivity index (χ4v) is 5.03. The van der Waals surface area contributed by atoms with Gasteiger partial charge in [0.1, 0.15) is 5.69 Å². The molecule has 258 valence electrons. The molecule has 5 N–H and O–H groups in total.